The molecule has 6 heteroatoms. The number of halogens is 3. The lowest BCUT2D eigenvalue weighted by Gasteiger charge is -2.29. The van der Waals surface area contributed by atoms with E-state index in [1.165, 1.54) is 23.9 Å². The molecule has 31 heavy (non-hydrogen) atoms. The Morgan fingerprint density at radius 1 is 0.935 bits per heavy atom. The summed E-state index contributed by atoms with van der Waals surface area (Å²) in [5.41, 5.74) is 3.50. The van der Waals surface area contributed by atoms with Crippen LogP contribution in [0.1, 0.15) is 60.4 Å². The van der Waals surface area contributed by atoms with Crippen molar-refractivity contribution >= 4 is 23.3 Å². The van der Waals surface area contributed by atoms with Gasteiger partial charge in [-0.25, -0.2) is 0 Å². The zero-order chi connectivity index (χ0) is 22.8. The molecule has 2 aromatic rings. The predicted molar refractivity (Wildman–Crippen MR) is 118 cm³/mol. The van der Waals surface area contributed by atoms with E-state index < -0.39 is 17.7 Å². The van der Waals surface area contributed by atoms with E-state index in [1.807, 2.05) is 20.8 Å². The number of Topliss-reactive ketones (excluding diaryl/α,β-unsaturated/α-hetero) is 2. The number of hydrogen-bond acceptors (Lipinski definition) is 3. The summed E-state index contributed by atoms with van der Waals surface area (Å²) in [4.78, 5) is 26.8. The van der Waals surface area contributed by atoms with E-state index in [9.17, 15) is 22.8 Å². The van der Waals surface area contributed by atoms with Crippen LogP contribution in [0.25, 0.3) is 0 Å². The summed E-state index contributed by atoms with van der Waals surface area (Å²) in [6, 6.07) is 9.15. The van der Waals surface area contributed by atoms with E-state index in [2.05, 4.69) is 12.1 Å². The highest BCUT2D eigenvalue weighted by Crippen LogP contribution is 2.38. The van der Waals surface area contributed by atoms with Crippen LogP contribution in [0.2, 0.25) is 0 Å². The van der Waals surface area contributed by atoms with Gasteiger partial charge in [0, 0.05) is 23.5 Å². The van der Waals surface area contributed by atoms with Crippen molar-refractivity contribution in [3.8, 4) is 0 Å². The number of rotatable bonds is 6. The van der Waals surface area contributed by atoms with E-state index in [1.54, 1.807) is 0 Å². The van der Waals surface area contributed by atoms with Crippen LogP contribution in [-0.2, 0) is 28.6 Å². The molecule has 2 aromatic carbocycles. The molecule has 3 rings (SSSR count). The molecule has 1 fully saturated rings. The highest BCUT2D eigenvalue weighted by Gasteiger charge is 2.38. The Kier molecular flexibility index (Phi) is 7.30. The Labute approximate surface area is 185 Å². The molecule has 0 aliphatic heterocycles. The summed E-state index contributed by atoms with van der Waals surface area (Å²) in [5.74, 6) is -0.322. The smallest absolute Gasteiger partial charge is 0.299 e. The van der Waals surface area contributed by atoms with Crippen molar-refractivity contribution in [2.75, 3.05) is 5.75 Å². The molecule has 1 aliphatic rings. The number of benzene rings is 2. The van der Waals surface area contributed by atoms with Gasteiger partial charge in [0.25, 0.3) is 0 Å². The van der Waals surface area contributed by atoms with Gasteiger partial charge < -0.3 is 0 Å². The number of alkyl halides is 3. The van der Waals surface area contributed by atoms with Crippen molar-refractivity contribution in [3.05, 3.63) is 64.2 Å². The quantitative estimate of drug-likeness (QED) is 0.371. The SMILES string of the molecule is CCc1cc(C)cc(CC)c1C1C(=O)CC(CSc2ccc(C(F)(F)F)cc2)CC1=O. The first-order valence-corrected chi connectivity index (χ1v) is 11.6. The second kappa shape index (κ2) is 9.60. The van der Waals surface area contributed by atoms with Gasteiger partial charge in [0.05, 0.1) is 5.56 Å². The molecule has 0 unspecified atom stereocenters. The van der Waals surface area contributed by atoms with E-state index in [-0.39, 0.29) is 17.5 Å². The largest absolute Gasteiger partial charge is 0.416 e. The lowest BCUT2D eigenvalue weighted by Crippen LogP contribution is -2.34. The number of hydrogen-bond donors (Lipinski definition) is 0. The molecule has 0 spiro atoms. The Bertz CT molecular complexity index is 921. The second-order valence-electron chi connectivity index (χ2n) is 8.18. The van der Waals surface area contributed by atoms with Gasteiger partial charge in [-0.15, -0.1) is 11.8 Å². The third-order valence-corrected chi connectivity index (χ3v) is 7.08. The van der Waals surface area contributed by atoms with Crippen LogP contribution in [0.3, 0.4) is 0 Å². The lowest BCUT2D eigenvalue weighted by atomic mass is 9.74. The van der Waals surface area contributed by atoms with Crippen LogP contribution in [-0.4, -0.2) is 17.3 Å². The van der Waals surface area contributed by atoms with Crippen molar-refractivity contribution in [2.45, 2.75) is 63.4 Å². The van der Waals surface area contributed by atoms with E-state index in [4.69, 9.17) is 0 Å². The third kappa shape index (κ3) is 5.40. The summed E-state index contributed by atoms with van der Waals surface area (Å²) in [6.07, 6.45) is -2.16. The van der Waals surface area contributed by atoms with Gasteiger partial charge in [-0.05, 0) is 66.6 Å². The van der Waals surface area contributed by atoms with Crippen LogP contribution in [0, 0.1) is 12.8 Å². The summed E-state index contributed by atoms with van der Waals surface area (Å²) in [7, 11) is 0. The standard InChI is InChI=1S/C25H27F3O2S/c1-4-17-10-15(3)11-18(5-2)23(17)24-21(29)12-16(13-22(24)30)14-31-20-8-6-19(7-9-20)25(26,27)28/h6-11,16,24H,4-5,12-14H2,1-3H3. The first kappa shape index (κ1) is 23.6. The molecule has 0 N–H and O–H groups in total. The molecule has 0 amide bonds. The van der Waals surface area contributed by atoms with Gasteiger partial charge in [0.15, 0.2) is 0 Å². The molecule has 0 saturated heterocycles. The van der Waals surface area contributed by atoms with E-state index in [0.29, 0.717) is 23.5 Å². The van der Waals surface area contributed by atoms with Gasteiger partial charge in [0.1, 0.15) is 17.5 Å². The molecule has 2 nitrogen and oxygen atoms in total. The second-order valence-corrected chi connectivity index (χ2v) is 9.27. The normalized spacial score (nSPS) is 19.7. The summed E-state index contributed by atoms with van der Waals surface area (Å²) in [6.45, 7) is 6.11. The fraction of sp³-hybridized carbons (Fsp3) is 0.440. The van der Waals surface area contributed by atoms with Crippen molar-refractivity contribution in [1.29, 1.82) is 0 Å². The molecular weight excluding hydrogens is 421 g/mol. The van der Waals surface area contributed by atoms with Crippen molar-refractivity contribution in [1.82, 2.24) is 0 Å². The Balaban J connectivity index is 1.71. The van der Waals surface area contributed by atoms with Gasteiger partial charge in [-0.3, -0.25) is 9.59 Å². The van der Waals surface area contributed by atoms with Crippen LogP contribution >= 0.6 is 11.8 Å². The lowest BCUT2D eigenvalue weighted by molar-refractivity contribution is -0.137. The molecule has 1 aliphatic carbocycles. The van der Waals surface area contributed by atoms with Crippen LogP contribution < -0.4 is 0 Å². The zero-order valence-electron chi connectivity index (χ0n) is 18.0. The fourth-order valence-electron chi connectivity index (χ4n) is 4.36. The minimum Gasteiger partial charge on any atom is -0.299 e. The van der Waals surface area contributed by atoms with E-state index >= 15 is 0 Å². The average Bonchev–Trinajstić information content (AvgIpc) is 2.71. The van der Waals surface area contributed by atoms with Crippen LogP contribution in [0.15, 0.2) is 41.3 Å². The topological polar surface area (TPSA) is 34.1 Å². The Morgan fingerprint density at radius 3 is 1.90 bits per heavy atom. The minimum absolute atomic E-state index is 0.0393. The maximum absolute atomic E-state index is 13.0. The first-order chi connectivity index (χ1) is 14.6. The minimum atomic E-state index is -4.36. The molecule has 0 aromatic heterocycles. The number of carbonyl (C=O) groups excluding carboxylic acids is 2. The van der Waals surface area contributed by atoms with Crippen molar-refractivity contribution < 1.29 is 22.8 Å². The number of ketones is 2. The molecule has 166 valence electrons. The van der Waals surface area contributed by atoms with Crippen LogP contribution in [0.4, 0.5) is 13.2 Å². The van der Waals surface area contributed by atoms with Crippen molar-refractivity contribution in [3.63, 3.8) is 0 Å². The van der Waals surface area contributed by atoms with Gasteiger partial charge in [-0.1, -0.05) is 31.5 Å². The van der Waals surface area contributed by atoms with Gasteiger partial charge in [0.2, 0.25) is 0 Å². The van der Waals surface area contributed by atoms with Crippen molar-refractivity contribution in [2.24, 2.45) is 5.92 Å². The summed E-state index contributed by atoms with van der Waals surface area (Å²) < 4.78 is 38.1. The maximum atomic E-state index is 13.0. The number of aryl methyl sites for hydroxylation is 3. The molecular formula is C25H27F3O2S. The highest BCUT2D eigenvalue weighted by atomic mass is 32.2. The number of thioether (sulfide) groups is 1. The molecule has 1 saturated carbocycles. The fourth-order valence-corrected chi connectivity index (χ4v) is 5.35. The Hall–Kier alpha value is -2.08. The van der Waals surface area contributed by atoms with Crippen LogP contribution in [0.5, 0.6) is 0 Å². The molecule has 0 bridgehead atoms. The third-order valence-electron chi connectivity index (χ3n) is 5.84. The highest BCUT2D eigenvalue weighted by molar-refractivity contribution is 7.99. The monoisotopic (exact) mass is 448 g/mol. The molecule has 0 heterocycles. The van der Waals surface area contributed by atoms with Gasteiger partial charge in [-0.2, -0.15) is 13.2 Å². The summed E-state index contributed by atoms with van der Waals surface area (Å²) in [5, 5.41) is 0. The predicted octanol–water partition coefficient (Wildman–Crippen LogP) is 6.56. The molecule has 0 atom stereocenters. The zero-order valence-corrected chi connectivity index (χ0v) is 18.8. The average molecular weight is 449 g/mol. The first-order valence-electron chi connectivity index (χ1n) is 10.6. The summed E-state index contributed by atoms with van der Waals surface area (Å²) >= 11 is 1.39. The van der Waals surface area contributed by atoms with E-state index in [0.717, 1.165) is 47.2 Å². The molecule has 0 radical (unpaired) electrons. The Morgan fingerprint density at radius 2 is 1.45 bits per heavy atom. The van der Waals surface area contributed by atoms with Gasteiger partial charge >= 0.3 is 6.18 Å². The number of carbonyl (C=O) groups is 2. The maximum Gasteiger partial charge on any atom is 0.416 e.